The highest BCUT2D eigenvalue weighted by molar-refractivity contribution is 7.14. The molecule has 1 unspecified atom stereocenters. The second-order valence-electron chi connectivity index (χ2n) is 5.42. The fraction of sp³-hybridized carbons (Fsp3) is 0.375. The average Bonchev–Trinajstić information content (AvgIpc) is 2.99. The lowest BCUT2D eigenvalue weighted by Crippen LogP contribution is -2.16. The molecule has 0 radical (unpaired) electrons. The molecule has 1 aliphatic heterocycles. The van der Waals surface area contributed by atoms with Crippen molar-refractivity contribution in [1.82, 2.24) is 4.57 Å². The molecule has 0 aromatic carbocycles. The Morgan fingerprint density at radius 2 is 2.05 bits per heavy atom. The molecule has 0 bridgehead atoms. The van der Waals surface area contributed by atoms with Crippen LogP contribution in [0, 0.1) is 6.92 Å². The van der Waals surface area contributed by atoms with Crippen LogP contribution in [0.5, 0.6) is 0 Å². The highest BCUT2D eigenvalue weighted by atomic mass is 32.1. The van der Waals surface area contributed by atoms with Crippen LogP contribution in [0.15, 0.2) is 24.3 Å². The molecular weight excluding hydrogens is 286 g/mol. The van der Waals surface area contributed by atoms with E-state index in [0.717, 1.165) is 30.0 Å². The topological polar surface area (TPSA) is 59.3 Å². The summed E-state index contributed by atoms with van der Waals surface area (Å²) in [5.41, 5.74) is 1.37. The zero-order valence-electron chi connectivity index (χ0n) is 11.8. The Hall–Kier alpha value is -1.88. The molecule has 3 rings (SSSR count). The second-order valence-corrected chi connectivity index (χ2v) is 6.71. The lowest BCUT2D eigenvalue weighted by Gasteiger charge is -2.13. The average molecular weight is 303 g/mol. The first-order chi connectivity index (χ1) is 10.1. The molecule has 21 heavy (non-hydrogen) atoms. The normalized spacial score (nSPS) is 18.0. The number of carbonyl (C=O) groups is 2. The van der Waals surface area contributed by atoms with Crippen LogP contribution in [0.2, 0.25) is 0 Å². The molecule has 0 saturated heterocycles. The van der Waals surface area contributed by atoms with Crippen molar-refractivity contribution in [3.8, 4) is 0 Å². The van der Waals surface area contributed by atoms with E-state index in [2.05, 4.69) is 0 Å². The molecule has 3 heterocycles. The Balaban J connectivity index is 2.02. The molecule has 1 N–H and O–H groups in total. The van der Waals surface area contributed by atoms with Crippen molar-refractivity contribution in [3.63, 3.8) is 0 Å². The monoisotopic (exact) mass is 303 g/mol. The number of carbonyl (C=O) groups excluding carboxylic acids is 1. The molecular formula is C16H17NO3S. The molecule has 2 aromatic rings. The number of aliphatic carboxylic acids is 1. The van der Waals surface area contributed by atoms with Crippen LogP contribution in [-0.4, -0.2) is 21.4 Å². The van der Waals surface area contributed by atoms with E-state index in [1.807, 2.05) is 23.6 Å². The highest BCUT2D eigenvalue weighted by Gasteiger charge is 2.28. The smallest absolute Gasteiger partial charge is 0.312 e. The fourth-order valence-electron chi connectivity index (χ4n) is 2.93. The van der Waals surface area contributed by atoms with Gasteiger partial charge in [-0.25, -0.2) is 0 Å². The molecule has 0 spiro atoms. The summed E-state index contributed by atoms with van der Waals surface area (Å²) in [4.78, 5) is 25.9. The number of thiophene rings is 1. The SMILES string of the molecule is Cc1ccc(C(=O)c2ccc3n2CCCCC3C(=O)O)s1. The van der Waals surface area contributed by atoms with Gasteiger partial charge < -0.3 is 9.67 Å². The number of aromatic nitrogens is 1. The van der Waals surface area contributed by atoms with E-state index < -0.39 is 11.9 Å². The van der Waals surface area contributed by atoms with Gasteiger partial charge in [0, 0.05) is 17.1 Å². The van der Waals surface area contributed by atoms with Crippen LogP contribution in [0.4, 0.5) is 0 Å². The quantitative estimate of drug-likeness (QED) is 0.884. The number of hydrogen-bond acceptors (Lipinski definition) is 3. The van der Waals surface area contributed by atoms with Crippen LogP contribution < -0.4 is 0 Å². The minimum atomic E-state index is -0.804. The Bertz CT molecular complexity index is 698. The molecule has 0 fully saturated rings. The zero-order valence-corrected chi connectivity index (χ0v) is 12.7. The van der Waals surface area contributed by atoms with Crippen LogP contribution >= 0.6 is 11.3 Å². The first kappa shape index (κ1) is 14.1. The summed E-state index contributed by atoms with van der Waals surface area (Å²) >= 11 is 1.48. The van der Waals surface area contributed by atoms with Gasteiger partial charge in [-0.3, -0.25) is 9.59 Å². The minimum absolute atomic E-state index is 0.00890. The maximum Gasteiger partial charge on any atom is 0.312 e. The van der Waals surface area contributed by atoms with E-state index in [0.29, 0.717) is 17.0 Å². The Morgan fingerprint density at radius 3 is 2.71 bits per heavy atom. The maximum atomic E-state index is 12.6. The summed E-state index contributed by atoms with van der Waals surface area (Å²) in [5, 5.41) is 9.38. The summed E-state index contributed by atoms with van der Waals surface area (Å²) in [6, 6.07) is 7.35. The number of fused-ring (bicyclic) bond motifs is 1. The van der Waals surface area contributed by atoms with E-state index in [1.54, 1.807) is 12.1 Å². The molecule has 0 saturated carbocycles. The van der Waals surface area contributed by atoms with E-state index in [1.165, 1.54) is 11.3 Å². The number of aryl methyl sites for hydroxylation is 1. The van der Waals surface area contributed by atoms with Crippen molar-refractivity contribution >= 4 is 23.1 Å². The molecule has 0 aliphatic carbocycles. The summed E-state index contributed by atoms with van der Waals surface area (Å²) in [6.45, 7) is 2.69. The van der Waals surface area contributed by atoms with Crippen molar-refractivity contribution in [3.05, 3.63) is 45.4 Å². The van der Waals surface area contributed by atoms with Crippen molar-refractivity contribution in [2.75, 3.05) is 0 Å². The molecule has 5 heteroatoms. The Kier molecular flexibility index (Phi) is 3.68. The van der Waals surface area contributed by atoms with Gasteiger partial charge in [0.05, 0.1) is 16.5 Å². The standard InChI is InChI=1S/C16H17NO3S/c1-10-5-8-14(21-10)15(18)13-7-6-12-11(16(19)20)4-2-3-9-17(12)13/h5-8,11H,2-4,9H2,1H3,(H,19,20). The summed E-state index contributed by atoms with van der Waals surface area (Å²) < 4.78 is 1.91. The van der Waals surface area contributed by atoms with Gasteiger partial charge in [0.2, 0.25) is 5.78 Å². The third-order valence-corrected chi connectivity index (χ3v) is 4.99. The largest absolute Gasteiger partial charge is 0.481 e. The second kappa shape index (κ2) is 5.48. The number of carboxylic acids is 1. The van der Waals surface area contributed by atoms with Gasteiger partial charge in [0.1, 0.15) is 0 Å². The van der Waals surface area contributed by atoms with Gasteiger partial charge in [-0.15, -0.1) is 11.3 Å². The van der Waals surface area contributed by atoms with Gasteiger partial charge in [-0.2, -0.15) is 0 Å². The number of carboxylic acid groups (broad SMARTS) is 1. The number of ketones is 1. The van der Waals surface area contributed by atoms with E-state index >= 15 is 0 Å². The zero-order chi connectivity index (χ0) is 15.0. The first-order valence-electron chi connectivity index (χ1n) is 7.11. The van der Waals surface area contributed by atoms with Gasteiger partial charge in [-0.05, 0) is 44.0 Å². The van der Waals surface area contributed by atoms with E-state index in [-0.39, 0.29) is 5.78 Å². The molecule has 0 amide bonds. The minimum Gasteiger partial charge on any atom is -0.481 e. The van der Waals surface area contributed by atoms with Crippen molar-refractivity contribution < 1.29 is 14.7 Å². The van der Waals surface area contributed by atoms with Gasteiger partial charge in [0.15, 0.2) is 0 Å². The molecule has 4 nitrogen and oxygen atoms in total. The molecule has 1 aliphatic rings. The van der Waals surface area contributed by atoms with Gasteiger partial charge in [-0.1, -0.05) is 6.42 Å². The number of hydrogen-bond donors (Lipinski definition) is 1. The van der Waals surface area contributed by atoms with Crippen LogP contribution in [0.25, 0.3) is 0 Å². The fourth-order valence-corrected chi connectivity index (χ4v) is 3.75. The van der Waals surface area contributed by atoms with Crippen LogP contribution in [-0.2, 0) is 11.3 Å². The highest BCUT2D eigenvalue weighted by Crippen LogP contribution is 2.30. The van der Waals surface area contributed by atoms with Crippen molar-refractivity contribution in [2.45, 2.75) is 38.6 Å². The summed E-state index contributed by atoms with van der Waals surface area (Å²) in [5.74, 6) is -1.31. The molecule has 2 aromatic heterocycles. The predicted octanol–water partition coefficient (Wildman–Crippen LogP) is 3.44. The lowest BCUT2D eigenvalue weighted by atomic mass is 10.0. The predicted molar refractivity (Wildman–Crippen MR) is 81.1 cm³/mol. The lowest BCUT2D eigenvalue weighted by molar-refractivity contribution is -0.139. The Morgan fingerprint density at radius 1 is 1.24 bits per heavy atom. The third kappa shape index (κ3) is 2.53. The Labute approximate surface area is 127 Å². The first-order valence-corrected chi connectivity index (χ1v) is 7.93. The van der Waals surface area contributed by atoms with Crippen LogP contribution in [0.1, 0.15) is 51.1 Å². The van der Waals surface area contributed by atoms with Gasteiger partial charge in [0.25, 0.3) is 0 Å². The third-order valence-electron chi connectivity index (χ3n) is 3.99. The number of nitrogens with zero attached hydrogens (tertiary/aromatic N) is 1. The van der Waals surface area contributed by atoms with Gasteiger partial charge >= 0.3 is 5.97 Å². The van der Waals surface area contributed by atoms with E-state index in [4.69, 9.17) is 0 Å². The number of rotatable bonds is 3. The maximum absolute atomic E-state index is 12.6. The summed E-state index contributed by atoms with van der Waals surface area (Å²) in [7, 11) is 0. The molecule has 110 valence electrons. The van der Waals surface area contributed by atoms with Crippen molar-refractivity contribution in [2.24, 2.45) is 0 Å². The van der Waals surface area contributed by atoms with Crippen LogP contribution in [0.3, 0.4) is 0 Å². The van der Waals surface area contributed by atoms with E-state index in [9.17, 15) is 14.7 Å². The summed E-state index contributed by atoms with van der Waals surface area (Å²) in [6.07, 6.45) is 2.44. The van der Waals surface area contributed by atoms with Crippen molar-refractivity contribution in [1.29, 1.82) is 0 Å². The molecule has 1 atom stereocenters.